The fourth-order valence-electron chi connectivity index (χ4n) is 1.37. The number of hydrogen-bond donors (Lipinski definition) is 1. The Kier molecular flexibility index (Phi) is 4.23. The highest BCUT2D eigenvalue weighted by Crippen LogP contribution is 2.32. The van der Waals surface area contributed by atoms with Gasteiger partial charge < -0.3 is 5.73 Å². The van der Waals surface area contributed by atoms with Gasteiger partial charge in [-0.2, -0.15) is 0 Å². The summed E-state index contributed by atoms with van der Waals surface area (Å²) in [6, 6.07) is 8.80. The molecule has 0 fully saturated rings. The second-order valence-corrected chi connectivity index (χ2v) is 6.70. The molecule has 0 saturated heterocycles. The van der Waals surface area contributed by atoms with Crippen molar-refractivity contribution >= 4 is 11.8 Å². The average Bonchev–Trinajstić information content (AvgIpc) is 2.15. The molecule has 2 N–H and O–H groups in total. The largest absolute Gasteiger partial charge is 0.324 e. The van der Waals surface area contributed by atoms with Crippen molar-refractivity contribution < 1.29 is 0 Å². The van der Waals surface area contributed by atoms with Gasteiger partial charge in [0.2, 0.25) is 0 Å². The van der Waals surface area contributed by atoms with Gasteiger partial charge in [0.25, 0.3) is 0 Å². The zero-order valence-electron chi connectivity index (χ0n) is 10.1. The van der Waals surface area contributed by atoms with Crippen molar-refractivity contribution in [3.8, 4) is 0 Å². The molecule has 0 amide bonds. The summed E-state index contributed by atoms with van der Waals surface area (Å²) in [5, 5.41) is 0. The third kappa shape index (κ3) is 4.27. The third-order valence-electron chi connectivity index (χ3n) is 2.17. The van der Waals surface area contributed by atoms with Crippen molar-refractivity contribution in [1.82, 2.24) is 0 Å². The highest BCUT2D eigenvalue weighted by Gasteiger charge is 2.12. The summed E-state index contributed by atoms with van der Waals surface area (Å²) in [7, 11) is 0. The first kappa shape index (κ1) is 12.6. The first-order valence-electron chi connectivity index (χ1n) is 5.47. The smallest absolute Gasteiger partial charge is 0.0292 e. The Morgan fingerprint density at radius 3 is 2.13 bits per heavy atom. The zero-order valence-corrected chi connectivity index (χ0v) is 10.9. The monoisotopic (exact) mass is 223 g/mol. The van der Waals surface area contributed by atoms with Crippen LogP contribution in [0.4, 0.5) is 0 Å². The molecule has 0 aliphatic heterocycles. The highest BCUT2D eigenvalue weighted by atomic mass is 32.2. The van der Waals surface area contributed by atoms with E-state index in [4.69, 9.17) is 5.73 Å². The number of thioether (sulfide) groups is 1. The Balaban J connectivity index is 2.72. The molecule has 0 aliphatic rings. The lowest BCUT2D eigenvalue weighted by atomic mass is 10.1. The molecule has 0 radical (unpaired) electrons. The van der Waals surface area contributed by atoms with Gasteiger partial charge in [-0.1, -0.05) is 39.8 Å². The van der Waals surface area contributed by atoms with Gasteiger partial charge in [-0.15, -0.1) is 11.8 Å². The fourth-order valence-corrected chi connectivity index (χ4v) is 2.35. The predicted molar refractivity (Wildman–Crippen MR) is 69.3 cm³/mol. The van der Waals surface area contributed by atoms with E-state index in [0.717, 1.165) is 6.42 Å². The summed E-state index contributed by atoms with van der Waals surface area (Å²) in [5.74, 6) is 0. The van der Waals surface area contributed by atoms with Crippen LogP contribution < -0.4 is 5.73 Å². The van der Waals surface area contributed by atoms with Crippen molar-refractivity contribution in [1.29, 1.82) is 0 Å². The maximum Gasteiger partial charge on any atom is 0.0292 e. The van der Waals surface area contributed by atoms with Crippen molar-refractivity contribution in [2.24, 2.45) is 5.73 Å². The zero-order chi connectivity index (χ0) is 11.5. The van der Waals surface area contributed by atoms with E-state index in [9.17, 15) is 0 Å². The third-order valence-corrected chi connectivity index (χ3v) is 3.29. The standard InChI is InChI=1S/C13H21NS/c1-5-12(14)10-6-8-11(9-7-10)15-13(2,3)4/h6-9,12H,5,14H2,1-4H3. The van der Waals surface area contributed by atoms with Crippen molar-refractivity contribution in [2.45, 2.75) is 49.8 Å². The Morgan fingerprint density at radius 1 is 1.20 bits per heavy atom. The summed E-state index contributed by atoms with van der Waals surface area (Å²) in [6.07, 6.45) is 0.992. The maximum absolute atomic E-state index is 5.96. The van der Waals surface area contributed by atoms with E-state index in [1.807, 2.05) is 11.8 Å². The van der Waals surface area contributed by atoms with Gasteiger partial charge in [0.15, 0.2) is 0 Å². The summed E-state index contributed by atoms with van der Waals surface area (Å²) in [4.78, 5) is 1.31. The molecule has 84 valence electrons. The minimum Gasteiger partial charge on any atom is -0.324 e. The quantitative estimate of drug-likeness (QED) is 0.784. The molecule has 2 heteroatoms. The van der Waals surface area contributed by atoms with Crippen LogP contribution in [0.15, 0.2) is 29.2 Å². The molecule has 0 heterocycles. The molecule has 1 rings (SSSR count). The number of rotatable bonds is 3. The summed E-state index contributed by atoms with van der Waals surface area (Å²) in [6.45, 7) is 8.79. The minimum atomic E-state index is 0.179. The number of hydrogen-bond acceptors (Lipinski definition) is 2. The Morgan fingerprint density at radius 2 is 1.73 bits per heavy atom. The maximum atomic E-state index is 5.96. The van der Waals surface area contributed by atoms with E-state index in [2.05, 4.69) is 52.0 Å². The van der Waals surface area contributed by atoms with E-state index in [1.54, 1.807) is 0 Å². The molecule has 0 aromatic heterocycles. The molecule has 0 spiro atoms. The van der Waals surface area contributed by atoms with Crippen LogP contribution in [0.25, 0.3) is 0 Å². The van der Waals surface area contributed by atoms with E-state index in [1.165, 1.54) is 10.5 Å². The summed E-state index contributed by atoms with van der Waals surface area (Å²) >= 11 is 1.89. The van der Waals surface area contributed by atoms with Crippen molar-refractivity contribution in [3.63, 3.8) is 0 Å². The van der Waals surface area contributed by atoms with Gasteiger partial charge >= 0.3 is 0 Å². The number of benzene rings is 1. The van der Waals surface area contributed by atoms with Crippen LogP contribution in [0.3, 0.4) is 0 Å². The van der Waals surface area contributed by atoms with Crippen LogP contribution >= 0.6 is 11.8 Å². The van der Waals surface area contributed by atoms with E-state index in [-0.39, 0.29) is 10.8 Å². The Hall–Kier alpha value is -0.470. The first-order valence-corrected chi connectivity index (χ1v) is 6.28. The topological polar surface area (TPSA) is 26.0 Å². The fraction of sp³-hybridized carbons (Fsp3) is 0.538. The highest BCUT2D eigenvalue weighted by molar-refractivity contribution is 8.00. The van der Waals surface area contributed by atoms with Gasteiger partial charge in [0.1, 0.15) is 0 Å². The Labute approximate surface area is 97.4 Å². The SMILES string of the molecule is CCC(N)c1ccc(SC(C)(C)C)cc1. The summed E-state index contributed by atoms with van der Waals surface area (Å²) < 4.78 is 0.272. The molecular formula is C13H21NS. The van der Waals surface area contributed by atoms with E-state index >= 15 is 0 Å². The van der Waals surface area contributed by atoms with Crippen LogP contribution in [0.5, 0.6) is 0 Å². The number of nitrogens with two attached hydrogens (primary N) is 1. The minimum absolute atomic E-state index is 0.179. The normalized spacial score (nSPS) is 13.9. The molecule has 0 aliphatic carbocycles. The Bertz CT molecular complexity index is 297. The van der Waals surface area contributed by atoms with E-state index < -0.39 is 0 Å². The lowest BCUT2D eigenvalue weighted by Crippen LogP contribution is -2.09. The molecular weight excluding hydrogens is 202 g/mol. The molecule has 15 heavy (non-hydrogen) atoms. The summed E-state index contributed by atoms with van der Waals surface area (Å²) in [5.41, 5.74) is 7.20. The molecule has 1 nitrogen and oxygen atoms in total. The van der Waals surface area contributed by atoms with Crippen LogP contribution in [0.1, 0.15) is 45.7 Å². The van der Waals surface area contributed by atoms with Crippen LogP contribution in [0.2, 0.25) is 0 Å². The molecule has 1 unspecified atom stereocenters. The molecule has 1 atom stereocenters. The predicted octanol–water partition coefficient (Wildman–Crippen LogP) is 3.99. The van der Waals surface area contributed by atoms with Gasteiger partial charge in [0.05, 0.1) is 0 Å². The molecule has 0 saturated carbocycles. The van der Waals surface area contributed by atoms with Gasteiger partial charge in [-0.3, -0.25) is 0 Å². The molecule has 1 aromatic rings. The van der Waals surface area contributed by atoms with E-state index in [0.29, 0.717) is 0 Å². The first-order chi connectivity index (χ1) is 6.92. The van der Waals surface area contributed by atoms with Gasteiger partial charge in [-0.05, 0) is 24.1 Å². The van der Waals surface area contributed by atoms with Crippen molar-refractivity contribution in [3.05, 3.63) is 29.8 Å². The van der Waals surface area contributed by atoms with Gasteiger partial charge in [-0.25, -0.2) is 0 Å². The van der Waals surface area contributed by atoms with Crippen LogP contribution in [-0.2, 0) is 0 Å². The molecule has 1 aromatic carbocycles. The molecule has 0 bridgehead atoms. The van der Waals surface area contributed by atoms with Crippen LogP contribution in [0, 0.1) is 0 Å². The van der Waals surface area contributed by atoms with Gasteiger partial charge in [0, 0.05) is 15.7 Å². The second-order valence-electron chi connectivity index (χ2n) is 4.80. The van der Waals surface area contributed by atoms with Crippen molar-refractivity contribution in [2.75, 3.05) is 0 Å². The lowest BCUT2D eigenvalue weighted by Gasteiger charge is -2.18. The second kappa shape index (κ2) is 5.04. The van der Waals surface area contributed by atoms with Crippen LogP contribution in [-0.4, -0.2) is 4.75 Å². The lowest BCUT2D eigenvalue weighted by molar-refractivity contribution is 0.698. The average molecular weight is 223 g/mol.